The van der Waals surface area contributed by atoms with Crippen molar-refractivity contribution in [2.75, 3.05) is 5.75 Å². The molecule has 2 rings (SSSR count). The quantitative estimate of drug-likeness (QED) is 0.650. The maximum absolute atomic E-state index is 12.5. The molecule has 0 amide bonds. The van der Waals surface area contributed by atoms with E-state index in [0.717, 1.165) is 6.20 Å². The molecule has 2 heterocycles. The van der Waals surface area contributed by atoms with Crippen LogP contribution in [0.3, 0.4) is 0 Å². The standard InChI is InChI=1S/C10H14F3N3O2S2/c11-10(12,13)9-15-5-6(19-9)8(16-14)7-3-1-2-4-20(7,17)18/h5,7-8,16H,1-4,14H2. The third-order valence-corrected chi connectivity index (χ3v) is 6.67. The molecule has 1 aromatic heterocycles. The SMILES string of the molecule is NNC(c1cnc(C(F)(F)F)s1)C1CCCCS1(=O)=O. The highest BCUT2D eigenvalue weighted by molar-refractivity contribution is 7.92. The second-order valence-corrected chi connectivity index (χ2v) is 8.01. The van der Waals surface area contributed by atoms with E-state index < -0.39 is 32.3 Å². The summed E-state index contributed by atoms with van der Waals surface area (Å²) in [5.41, 5.74) is 2.33. The highest BCUT2D eigenvalue weighted by Gasteiger charge is 2.39. The van der Waals surface area contributed by atoms with Crippen molar-refractivity contribution < 1.29 is 21.6 Å². The summed E-state index contributed by atoms with van der Waals surface area (Å²) in [4.78, 5) is 3.49. The molecule has 1 saturated heterocycles. The summed E-state index contributed by atoms with van der Waals surface area (Å²) in [6.07, 6.45) is -1.81. The lowest BCUT2D eigenvalue weighted by Gasteiger charge is -2.28. The molecule has 0 aliphatic carbocycles. The minimum Gasteiger partial charge on any atom is -0.271 e. The molecule has 114 valence electrons. The monoisotopic (exact) mass is 329 g/mol. The molecule has 2 atom stereocenters. The number of sulfone groups is 1. The van der Waals surface area contributed by atoms with E-state index >= 15 is 0 Å². The predicted molar refractivity (Wildman–Crippen MR) is 68.6 cm³/mol. The molecule has 1 aromatic rings. The first-order valence-corrected chi connectivity index (χ1v) is 8.49. The number of thiazole rings is 1. The van der Waals surface area contributed by atoms with Gasteiger partial charge in [0.2, 0.25) is 0 Å². The molecule has 0 radical (unpaired) electrons. The Morgan fingerprint density at radius 2 is 2.15 bits per heavy atom. The normalized spacial score (nSPS) is 24.5. The third-order valence-electron chi connectivity index (χ3n) is 3.25. The topological polar surface area (TPSA) is 85.1 Å². The van der Waals surface area contributed by atoms with Crippen molar-refractivity contribution in [3.63, 3.8) is 0 Å². The Morgan fingerprint density at radius 1 is 1.45 bits per heavy atom. The van der Waals surface area contributed by atoms with E-state index in [0.29, 0.717) is 30.6 Å². The third kappa shape index (κ3) is 3.13. The van der Waals surface area contributed by atoms with Crippen LogP contribution in [0.15, 0.2) is 6.20 Å². The minimum absolute atomic E-state index is 0.0424. The summed E-state index contributed by atoms with van der Waals surface area (Å²) in [6, 6.07) is -0.853. The van der Waals surface area contributed by atoms with Gasteiger partial charge < -0.3 is 0 Å². The Kier molecular flexibility index (Phi) is 4.38. The van der Waals surface area contributed by atoms with Gasteiger partial charge in [-0.1, -0.05) is 6.42 Å². The van der Waals surface area contributed by atoms with E-state index in [1.807, 2.05) is 0 Å². The van der Waals surface area contributed by atoms with Gasteiger partial charge in [-0.3, -0.25) is 11.3 Å². The summed E-state index contributed by atoms with van der Waals surface area (Å²) in [6.45, 7) is 0. The maximum atomic E-state index is 12.5. The number of nitrogens with two attached hydrogens (primary N) is 1. The first-order chi connectivity index (χ1) is 9.25. The summed E-state index contributed by atoms with van der Waals surface area (Å²) < 4.78 is 61.7. The van der Waals surface area contributed by atoms with Crippen LogP contribution in [0, 0.1) is 0 Å². The number of nitrogens with zero attached hydrogens (tertiary/aromatic N) is 1. The van der Waals surface area contributed by atoms with Crippen molar-refractivity contribution in [1.82, 2.24) is 10.4 Å². The van der Waals surface area contributed by atoms with Crippen LogP contribution in [0.4, 0.5) is 13.2 Å². The van der Waals surface area contributed by atoms with Crippen LogP contribution in [0.1, 0.15) is 35.2 Å². The fourth-order valence-electron chi connectivity index (χ4n) is 2.29. The lowest BCUT2D eigenvalue weighted by molar-refractivity contribution is -0.137. The van der Waals surface area contributed by atoms with Crippen molar-refractivity contribution in [2.45, 2.75) is 36.7 Å². The maximum Gasteiger partial charge on any atom is 0.443 e. The number of aromatic nitrogens is 1. The molecule has 0 spiro atoms. The van der Waals surface area contributed by atoms with Gasteiger partial charge in [0.05, 0.1) is 17.0 Å². The number of hydrogen-bond donors (Lipinski definition) is 2. The summed E-state index contributed by atoms with van der Waals surface area (Å²) in [5.74, 6) is 5.40. The fourth-order valence-corrected chi connectivity index (χ4v) is 5.36. The van der Waals surface area contributed by atoms with Crippen molar-refractivity contribution in [2.24, 2.45) is 5.84 Å². The Bertz CT molecular complexity index is 571. The van der Waals surface area contributed by atoms with Crippen LogP contribution in [-0.4, -0.2) is 24.4 Å². The number of alkyl halides is 3. The van der Waals surface area contributed by atoms with Crippen LogP contribution in [0.2, 0.25) is 0 Å². The number of nitrogens with one attached hydrogen (secondary N) is 1. The molecule has 0 saturated carbocycles. The summed E-state index contributed by atoms with van der Waals surface area (Å²) in [5, 5.41) is -1.80. The van der Waals surface area contributed by atoms with Crippen molar-refractivity contribution in [3.8, 4) is 0 Å². The van der Waals surface area contributed by atoms with E-state index in [-0.39, 0.29) is 10.6 Å². The van der Waals surface area contributed by atoms with E-state index in [4.69, 9.17) is 5.84 Å². The van der Waals surface area contributed by atoms with Crippen LogP contribution in [0.5, 0.6) is 0 Å². The second-order valence-electron chi connectivity index (χ2n) is 4.61. The number of halogens is 3. The van der Waals surface area contributed by atoms with Crippen molar-refractivity contribution in [3.05, 3.63) is 16.1 Å². The molecule has 0 aromatic carbocycles. The molecular formula is C10H14F3N3O2S2. The number of rotatable bonds is 3. The van der Waals surface area contributed by atoms with Gasteiger partial charge in [-0.05, 0) is 12.8 Å². The molecule has 3 N–H and O–H groups in total. The van der Waals surface area contributed by atoms with E-state index in [1.165, 1.54) is 0 Å². The van der Waals surface area contributed by atoms with Gasteiger partial charge in [0, 0.05) is 11.1 Å². The Morgan fingerprint density at radius 3 is 2.65 bits per heavy atom. The summed E-state index contributed by atoms with van der Waals surface area (Å²) in [7, 11) is -3.35. The smallest absolute Gasteiger partial charge is 0.271 e. The molecule has 1 aliphatic rings. The number of hydrazine groups is 1. The van der Waals surface area contributed by atoms with Gasteiger partial charge in [-0.15, -0.1) is 11.3 Å². The van der Waals surface area contributed by atoms with Gasteiger partial charge >= 0.3 is 6.18 Å². The highest BCUT2D eigenvalue weighted by atomic mass is 32.2. The van der Waals surface area contributed by atoms with Crippen molar-refractivity contribution >= 4 is 21.2 Å². The van der Waals surface area contributed by atoms with Crippen LogP contribution >= 0.6 is 11.3 Å². The predicted octanol–water partition coefficient (Wildman–Crippen LogP) is 1.63. The van der Waals surface area contributed by atoms with Gasteiger partial charge in [0.1, 0.15) is 0 Å². The average molecular weight is 329 g/mol. The van der Waals surface area contributed by atoms with Gasteiger partial charge in [-0.2, -0.15) is 13.2 Å². The Labute approximate surface area is 118 Å². The zero-order valence-electron chi connectivity index (χ0n) is 10.4. The largest absolute Gasteiger partial charge is 0.443 e. The molecule has 1 aliphatic heterocycles. The van der Waals surface area contributed by atoms with Crippen LogP contribution in [0.25, 0.3) is 0 Å². The first-order valence-electron chi connectivity index (χ1n) is 5.96. The highest BCUT2D eigenvalue weighted by Crippen LogP contribution is 2.37. The zero-order chi connectivity index (χ0) is 15.0. The summed E-state index contributed by atoms with van der Waals surface area (Å²) >= 11 is 0.424. The van der Waals surface area contributed by atoms with E-state index in [2.05, 4.69) is 10.4 Å². The van der Waals surface area contributed by atoms with Gasteiger partial charge in [0.15, 0.2) is 14.8 Å². The van der Waals surface area contributed by atoms with Crippen molar-refractivity contribution in [1.29, 1.82) is 0 Å². The number of hydrogen-bond acceptors (Lipinski definition) is 6. The molecule has 1 fully saturated rings. The van der Waals surface area contributed by atoms with E-state index in [9.17, 15) is 21.6 Å². The molecule has 5 nitrogen and oxygen atoms in total. The zero-order valence-corrected chi connectivity index (χ0v) is 12.0. The van der Waals surface area contributed by atoms with Crippen LogP contribution < -0.4 is 11.3 Å². The van der Waals surface area contributed by atoms with Gasteiger partial charge in [0.25, 0.3) is 0 Å². The van der Waals surface area contributed by atoms with E-state index in [1.54, 1.807) is 0 Å². The lowest BCUT2D eigenvalue weighted by Crippen LogP contribution is -2.42. The fraction of sp³-hybridized carbons (Fsp3) is 0.700. The Hall–Kier alpha value is -0.710. The Balaban J connectivity index is 2.30. The second kappa shape index (κ2) is 5.58. The molecular weight excluding hydrogens is 315 g/mol. The molecule has 0 bridgehead atoms. The molecule has 10 heteroatoms. The minimum atomic E-state index is -4.53. The first kappa shape index (κ1) is 15.7. The van der Waals surface area contributed by atoms with Crippen LogP contribution in [-0.2, 0) is 16.0 Å². The van der Waals surface area contributed by atoms with Gasteiger partial charge in [-0.25, -0.2) is 13.4 Å². The molecule has 2 unspecified atom stereocenters. The lowest BCUT2D eigenvalue weighted by atomic mass is 10.1. The molecule has 20 heavy (non-hydrogen) atoms. The average Bonchev–Trinajstić information content (AvgIpc) is 2.81.